The summed E-state index contributed by atoms with van der Waals surface area (Å²) >= 11 is 3.53. The Kier molecular flexibility index (Phi) is 3.74. The number of benzene rings is 1. The molecule has 1 aromatic carbocycles. The van der Waals surface area contributed by atoms with E-state index in [0.29, 0.717) is 11.6 Å². The van der Waals surface area contributed by atoms with E-state index in [-0.39, 0.29) is 11.9 Å². The maximum atomic E-state index is 12.8. The molecular weight excluding hydrogens is 316 g/mol. The third kappa shape index (κ3) is 2.22. The zero-order valence-electron chi connectivity index (χ0n) is 11.4. The molecule has 104 valence electrons. The van der Waals surface area contributed by atoms with Gasteiger partial charge in [-0.15, -0.1) is 0 Å². The third-order valence-electron chi connectivity index (χ3n) is 4.18. The third-order valence-corrected chi connectivity index (χ3v) is 4.84. The van der Waals surface area contributed by atoms with E-state index >= 15 is 0 Å². The van der Waals surface area contributed by atoms with Gasteiger partial charge >= 0.3 is 0 Å². The van der Waals surface area contributed by atoms with Crippen LogP contribution in [0.1, 0.15) is 23.8 Å². The monoisotopic (exact) mass is 332 g/mol. The van der Waals surface area contributed by atoms with Gasteiger partial charge in [-0.3, -0.25) is 9.78 Å². The summed E-state index contributed by atoms with van der Waals surface area (Å²) in [6, 6.07) is 10.1. The molecule has 1 aromatic heterocycles. The Balaban J connectivity index is 2.01. The van der Waals surface area contributed by atoms with Crippen LogP contribution in [0.4, 0.5) is 0 Å². The number of carbonyl (C=O) groups excluding carboxylic acids is 1. The molecule has 20 heavy (non-hydrogen) atoms. The second-order valence-electron chi connectivity index (χ2n) is 5.37. The molecule has 1 aliphatic rings. The number of rotatable bonds is 2. The van der Waals surface area contributed by atoms with Crippen LogP contribution in [-0.2, 0) is 0 Å². The quantitative estimate of drug-likeness (QED) is 0.789. The first-order chi connectivity index (χ1) is 9.72. The number of pyridine rings is 1. The highest BCUT2D eigenvalue weighted by molar-refractivity contribution is 9.09. The van der Waals surface area contributed by atoms with E-state index in [4.69, 9.17) is 0 Å². The first kappa shape index (κ1) is 13.6. The van der Waals surface area contributed by atoms with Gasteiger partial charge in [-0.25, -0.2) is 0 Å². The number of nitrogens with zero attached hydrogens (tertiary/aromatic N) is 2. The maximum Gasteiger partial charge on any atom is 0.273 e. The maximum absolute atomic E-state index is 12.8. The van der Waals surface area contributed by atoms with Crippen LogP contribution in [0, 0.1) is 5.92 Å². The van der Waals surface area contributed by atoms with Crippen molar-refractivity contribution < 1.29 is 4.79 Å². The van der Waals surface area contributed by atoms with Crippen molar-refractivity contribution in [3.05, 3.63) is 42.2 Å². The van der Waals surface area contributed by atoms with Crippen LogP contribution in [0.3, 0.4) is 0 Å². The minimum absolute atomic E-state index is 0.0515. The van der Waals surface area contributed by atoms with E-state index in [0.717, 1.165) is 29.1 Å². The summed E-state index contributed by atoms with van der Waals surface area (Å²) < 4.78 is 0. The molecule has 0 aliphatic carbocycles. The van der Waals surface area contributed by atoms with E-state index in [2.05, 4.69) is 27.8 Å². The lowest BCUT2D eigenvalue weighted by Crippen LogP contribution is -2.39. The minimum atomic E-state index is 0.0515. The van der Waals surface area contributed by atoms with Crippen LogP contribution in [0.5, 0.6) is 0 Å². The molecule has 2 atom stereocenters. The Morgan fingerprint density at radius 2 is 2.20 bits per heavy atom. The molecular formula is C16H17BrN2O. The number of amides is 1. The van der Waals surface area contributed by atoms with E-state index in [9.17, 15) is 4.79 Å². The first-order valence-corrected chi connectivity index (χ1v) is 8.05. The Hall–Kier alpha value is -1.42. The summed E-state index contributed by atoms with van der Waals surface area (Å²) in [6.45, 7) is 3.02. The number of likely N-dealkylation sites (tertiary alicyclic amines) is 1. The highest BCUT2D eigenvalue weighted by atomic mass is 79.9. The summed E-state index contributed by atoms with van der Waals surface area (Å²) in [5.41, 5.74) is 0.572. The fourth-order valence-electron chi connectivity index (χ4n) is 2.92. The van der Waals surface area contributed by atoms with Gasteiger partial charge < -0.3 is 4.90 Å². The molecule has 3 nitrogen and oxygen atoms in total. The van der Waals surface area contributed by atoms with Crippen LogP contribution >= 0.6 is 15.9 Å². The Bertz CT molecular complexity index is 638. The first-order valence-electron chi connectivity index (χ1n) is 6.93. The van der Waals surface area contributed by atoms with Gasteiger partial charge in [0, 0.05) is 29.5 Å². The van der Waals surface area contributed by atoms with Gasteiger partial charge in [-0.2, -0.15) is 0 Å². The predicted octanol–water partition coefficient (Wildman–Crippen LogP) is 3.48. The van der Waals surface area contributed by atoms with Gasteiger partial charge in [0.25, 0.3) is 5.91 Å². The normalized spacial score (nSPS) is 22.4. The molecule has 2 heterocycles. The largest absolute Gasteiger partial charge is 0.333 e. The molecule has 1 amide bonds. The summed E-state index contributed by atoms with van der Waals surface area (Å²) in [5, 5.41) is 2.83. The molecule has 1 fully saturated rings. The zero-order valence-corrected chi connectivity index (χ0v) is 13.0. The van der Waals surface area contributed by atoms with Crippen LogP contribution < -0.4 is 0 Å². The molecule has 4 heteroatoms. The van der Waals surface area contributed by atoms with E-state index in [1.165, 1.54) is 0 Å². The summed E-state index contributed by atoms with van der Waals surface area (Å²) in [6.07, 6.45) is 2.78. The van der Waals surface area contributed by atoms with Gasteiger partial charge in [0.2, 0.25) is 0 Å². The number of alkyl halides is 1. The zero-order chi connectivity index (χ0) is 14.1. The number of hydrogen-bond acceptors (Lipinski definition) is 2. The highest BCUT2D eigenvalue weighted by Gasteiger charge is 2.34. The molecule has 2 aromatic rings. The predicted molar refractivity (Wildman–Crippen MR) is 84.1 cm³/mol. The number of aromatic nitrogens is 1. The van der Waals surface area contributed by atoms with E-state index < -0.39 is 0 Å². The van der Waals surface area contributed by atoms with Crippen molar-refractivity contribution >= 4 is 32.6 Å². The number of carbonyl (C=O) groups is 1. The van der Waals surface area contributed by atoms with Crippen LogP contribution in [0.2, 0.25) is 0 Å². The van der Waals surface area contributed by atoms with Crippen LogP contribution in [0.15, 0.2) is 36.5 Å². The molecule has 0 spiro atoms. The van der Waals surface area contributed by atoms with Crippen LogP contribution in [-0.4, -0.2) is 33.7 Å². The molecule has 0 radical (unpaired) electrons. The number of halogens is 1. The lowest BCUT2D eigenvalue weighted by Gasteiger charge is -2.25. The Morgan fingerprint density at radius 1 is 1.40 bits per heavy atom. The minimum Gasteiger partial charge on any atom is -0.333 e. The van der Waals surface area contributed by atoms with Crippen molar-refractivity contribution in [2.24, 2.45) is 5.92 Å². The van der Waals surface area contributed by atoms with Gasteiger partial charge in [0.1, 0.15) is 5.69 Å². The lowest BCUT2D eigenvalue weighted by molar-refractivity contribution is 0.0735. The van der Waals surface area contributed by atoms with Crippen molar-refractivity contribution in [3.63, 3.8) is 0 Å². The van der Waals surface area contributed by atoms with Crippen molar-refractivity contribution in [1.82, 2.24) is 9.88 Å². The van der Waals surface area contributed by atoms with E-state index in [1.54, 1.807) is 6.20 Å². The average Bonchev–Trinajstić information content (AvgIpc) is 2.86. The molecule has 2 unspecified atom stereocenters. The van der Waals surface area contributed by atoms with Gasteiger partial charge in [-0.05, 0) is 23.8 Å². The Morgan fingerprint density at radius 3 is 3.00 bits per heavy atom. The summed E-state index contributed by atoms with van der Waals surface area (Å²) in [4.78, 5) is 19.1. The molecule has 1 aliphatic heterocycles. The molecule has 3 rings (SSSR count). The molecule has 1 saturated heterocycles. The standard InChI is InChI=1S/C16H17BrN2O/c1-11-7-9-19(14(11)10-17)16(20)15-13-5-3-2-4-12(13)6-8-18-15/h2-6,8,11,14H,7,9-10H2,1H3. The fraction of sp³-hybridized carbons (Fsp3) is 0.375. The van der Waals surface area contributed by atoms with Gasteiger partial charge in [0.05, 0.1) is 0 Å². The van der Waals surface area contributed by atoms with Crippen molar-refractivity contribution in [2.45, 2.75) is 19.4 Å². The highest BCUT2D eigenvalue weighted by Crippen LogP contribution is 2.28. The SMILES string of the molecule is CC1CCN(C(=O)c2nccc3ccccc23)C1CBr. The lowest BCUT2D eigenvalue weighted by atomic mass is 10.0. The number of fused-ring (bicyclic) bond motifs is 1. The van der Waals surface area contributed by atoms with Crippen LogP contribution in [0.25, 0.3) is 10.8 Å². The fourth-order valence-corrected chi connectivity index (χ4v) is 3.91. The smallest absolute Gasteiger partial charge is 0.273 e. The second kappa shape index (κ2) is 5.52. The summed E-state index contributed by atoms with van der Waals surface area (Å²) in [5.74, 6) is 0.587. The van der Waals surface area contributed by atoms with Gasteiger partial charge in [0.15, 0.2) is 0 Å². The molecule has 0 bridgehead atoms. The van der Waals surface area contributed by atoms with Crippen molar-refractivity contribution in [3.8, 4) is 0 Å². The average molecular weight is 333 g/mol. The number of hydrogen-bond donors (Lipinski definition) is 0. The van der Waals surface area contributed by atoms with Crippen molar-refractivity contribution in [1.29, 1.82) is 0 Å². The molecule has 0 N–H and O–H groups in total. The van der Waals surface area contributed by atoms with Gasteiger partial charge in [-0.1, -0.05) is 47.1 Å². The summed E-state index contributed by atoms with van der Waals surface area (Å²) in [7, 11) is 0. The molecule has 0 saturated carbocycles. The van der Waals surface area contributed by atoms with E-state index in [1.807, 2.05) is 35.2 Å². The second-order valence-corrected chi connectivity index (χ2v) is 6.01. The topological polar surface area (TPSA) is 33.2 Å². The Labute approximate surface area is 127 Å². The van der Waals surface area contributed by atoms with Crippen molar-refractivity contribution in [2.75, 3.05) is 11.9 Å².